The maximum atomic E-state index is 15.9. The van der Waals surface area contributed by atoms with Crippen molar-refractivity contribution in [3.63, 3.8) is 0 Å². The topological polar surface area (TPSA) is 238 Å². The van der Waals surface area contributed by atoms with Crippen LogP contribution in [0.5, 0.6) is 0 Å². The molecule has 0 aromatic heterocycles. The highest BCUT2D eigenvalue weighted by Gasteiger charge is 2.78. The van der Waals surface area contributed by atoms with Crippen molar-refractivity contribution in [3.8, 4) is 0 Å². The lowest BCUT2D eigenvalue weighted by molar-refractivity contribution is -0.346. The van der Waals surface area contributed by atoms with E-state index in [9.17, 15) is 29.4 Å². The number of hydrogen-bond donors (Lipinski definition) is 3. The Morgan fingerprint density at radius 2 is 1.27 bits per heavy atom. The fourth-order valence-corrected chi connectivity index (χ4v) is 14.1. The van der Waals surface area contributed by atoms with Gasteiger partial charge in [-0.05, 0) is 96.4 Å². The number of carbonyl (C=O) groups excluding carboxylic acids is 6. The predicted octanol–water partition coefficient (Wildman–Crippen LogP) is 6.47. The van der Waals surface area contributed by atoms with Gasteiger partial charge < -0.3 is 56.9 Å². The number of hydrogen-bond acceptors (Lipinski definition) is 17. The molecule has 11 atom stereocenters. The van der Waals surface area contributed by atoms with Crippen LogP contribution in [-0.2, 0) is 60.6 Å². The van der Waals surface area contributed by atoms with Crippen molar-refractivity contribution < 1.29 is 80.4 Å². The number of aliphatic hydroxyl groups is 2. The van der Waals surface area contributed by atoms with E-state index in [2.05, 4.69) is 5.32 Å². The molecular weight excluding hydrogens is 987 g/mol. The van der Waals surface area contributed by atoms with Gasteiger partial charge in [0.25, 0.3) is 5.91 Å². The predicted molar refractivity (Wildman–Crippen MR) is 271 cm³/mol. The van der Waals surface area contributed by atoms with Gasteiger partial charge in [-0.15, -0.1) is 0 Å². The molecule has 1 saturated heterocycles. The summed E-state index contributed by atoms with van der Waals surface area (Å²) in [4.78, 5) is 87.2. The van der Waals surface area contributed by atoms with Crippen molar-refractivity contribution >= 4 is 44.6 Å². The number of fused-ring (bicyclic) bond motifs is 5. The lowest BCUT2D eigenvalue weighted by Gasteiger charge is -2.67. The van der Waals surface area contributed by atoms with Crippen LogP contribution in [0.15, 0.2) is 102 Å². The molecule has 3 fully saturated rings. The van der Waals surface area contributed by atoms with E-state index in [-0.39, 0.29) is 35.3 Å². The van der Waals surface area contributed by atoms with Crippen LogP contribution in [0.25, 0.3) is 0 Å². The zero-order valence-corrected chi connectivity index (χ0v) is 45.7. The van der Waals surface area contributed by atoms with Crippen molar-refractivity contribution in [3.05, 3.63) is 119 Å². The Kier molecular flexibility index (Phi) is 16.8. The second-order valence-corrected chi connectivity index (χ2v) is 23.4. The van der Waals surface area contributed by atoms with E-state index in [4.69, 9.17) is 41.4 Å². The molecule has 2 bridgehead atoms. The van der Waals surface area contributed by atoms with Gasteiger partial charge in [-0.2, -0.15) is 0 Å². The Bertz CT molecular complexity index is 2600. The van der Waals surface area contributed by atoms with Gasteiger partial charge in [0.1, 0.15) is 23.9 Å². The number of ketones is 1. The van der Waals surface area contributed by atoms with Crippen LogP contribution >= 0.6 is 0 Å². The molecule has 406 valence electrons. The molecule has 75 heavy (non-hydrogen) atoms. The second kappa shape index (κ2) is 22.1. The molecular formula is C56H71NO17Si. The number of Topliss-reactive ketones (excluding diaryl/α,β-unsaturated/α-hetero) is 1. The average Bonchev–Trinajstić information content (AvgIpc) is 3.33. The highest BCUT2D eigenvalue weighted by atomic mass is 28.4. The van der Waals surface area contributed by atoms with Crippen LogP contribution in [0.4, 0.5) is 0 Å². The van der Waals surface area contributed by atoms with Gasteiger partial charge in [0.2, 0.25) is 0 Å². The van der Waals surface area contributed by atoms with Gasteiger partial charge >= 0.3 is 32.9 Å². The van der Waals surface area contributed by atoms with Gasteiger partial charge in [0.15, 0.2) is 23.6 Å². The third-order valence-electron chi connectivity index (χ3n) is 14.9. The normalized spacial score (nSPS) is 28.9. The second-order valence-electron chi connectivity index (χ2n) is 21.4. The van der Waals surface area contributed by atoms with Crippen LogP contribution < -0.4 is 5.32 Å². The summed E-state index contributed by atoms with van der Waals surface area (Å²) in [6.07, 6.45) is -12.4. The van der Waals surface area contributed by atoms with E-state index < -0.39 is 140 Å². The van der Waals surface area contributed by atoms with E-state index >= 15 is 9.59 Å². The molecule has 1 aliphatic heterocycles. The summed E-state index contributed by atoms with van der Waals surface area (Å²) < 4.78 is 57.6. The molecule has 19 heteroatoms. The van der Waals surface area contributed by atoms with Crippen molar-refractivity contribution in [2.75, 3.05) is 6.61 Å². The summed E-state index contributed by atoms with van der Waals surface area (Å²) in [5.74, 6) is -6.81. The number of benzene rings is 3. The minimum absolute atomic E-state index is 0.0111. The van der Waals surface area contributed by atoms with Crippen LogP contribution in [-0.4, -0.2) is 128 Å². The molecule has 7 rings (SSSR count). The maximum absolute atomic E-state index is 15.9. The summed E-state index contributed by atoms with van der Waals surface area (Å²) in [5, 5.41) is 29.4. The van der Waals surface area contributed by atoms with E-state index in [1.807, 2.05) is 0 Å². The van der Waals surface area contributed by atoms with Crippen molar-refractivity contribution in [2.24, 2.45) is 16.7 Å². The van der Waals surface area contributed by atoms with E-state index in [1.165, 1.54) is 19.1 Å². The first-order valence-electron chi connectivity index (χ1n) is 25.4. The Labute approximate surface area is 439 Å². The average molecular weight is 1060 g/mol. The minimum Gasteiger partial charge on any atom is -0.456 e. The zero-order chi connectivity index (χ0) is 55.0. The largest absolute Gasteiger partial charge is 0.681 e. The smallest absolute Gasteiger partial charge is 0.456 e. The SMILES string of the molecule is CC(=O)O[C@H]1C(=O)[C@@]2(C)[C@H]([C@H](OC(=O)c3ccccc3)[C@]3(O)C[C@H](OC(=O)[C@H](O[Si](OC(C)C)(OC(C)C)OC(C)C)[C@@H](NC(=O)c4ccccc4)c4ccccc4)C(C)=C1C3(C)C)[C@]1(OC(C)=O)CO[C@@H]1C[C@@H]2O. The maximum Gasteiger partial charge on any atom is 0.681 e. The Morgan fingerprint density at radius 3 is 1.76 bits per heavy atom. The highest BCUT2D eigenvalue weighted by Crippen LogP contribution is 2.64. The standard InChI is InChI=1S/C56H71NO17Si/c1-31(2)71-75(72-32(3)4,73-33(5)6)74-46(44(37-22-16-13-17-23-37)57-50(62)38-24-18-14-19-25-38)52(64)68-40-29-56(65)49(69-51(63)39-26-20-15-21-27-39)47-54(12,41(60)28-42-55(47,30-66-42)70-36(9)59)48(61)45(67-35(8)58)43(34(40)7)53(56,10)11/h13-27,31-33,40-42,44-47,49,60,65H,28-30H2,1-12H3,(H,57,62)/t40-,41-,42+,44-,45+,46+,47-,49-,54+,55-,56+/m0/s1. The third-order valence-corrected chi connectivity index (χ3v) is 17.7. The van der Waals surface area contributed by atoms with Crippen LogP contribution in [0, 0.1) is 16.7 Å². The van der Waals surface area contributed by atoms with Gasteiger partial charge in [-0.25, -0.2) is 9.59 Å². The fraction of sp³-hybridized carbons (Fsp3) is 0.536. The van der Waals surface area contributed by atoms with Crippen LogP contribution in [0.2, 0.25) is 0 Å². The van der Waals surface area contributed by atoms with E-state index in [0.29, 0.717) is 5.56 Å². The van der Waals surface area contributed by atoms with Crippen molar-refractivity contribution in [1.82, 2.24) is 5.32 Å². The zero-order valence-electron chi connectivity index (χ0n) is 44.7. The summed E-state index contributed by atoms with van der Waals surface area (Å²) in [6, 6.07) is 23.4. The van der Waals surface area contributed by atoms with Crippen molar-refractivity contribution in [2.45, 2.75) is 168 Å². The molecule has 2 saturated carbocycles. The van der Waals surface area contributed by atoms with Crippen LogP contribution in [0.1, 0.15) is 128 Å². The summed E-state index contributed by atoms with van der Waals surface area (Å²) in [5.41, 5.74) is -7.21. The fourth-order valence-electron chi connectivity index (χ4n) is 11.5. The highest BCUT2D eigenvalue weighted by molar-refractivity contribution is 6.54. The number of ether oxygens (including phenoxy) is 5. The van der Waals surface area contributed by atoms with Crippen molar-refractivity contribution in [1.29, 1.82) is 0 Å². The molecule has 0 unspecified atom stereocenters. The molecule has 1 amide bonds. The molecule has 18 nitrogen and oxygen atoms in total. The lowest BCUT2D eigenvalue weighted by Crippen LogP contribution is -2.82. The molecule has 4 aliphatic rings. The first-order valence-corrected chi connectivity index (χ1v) is 27.1. The summed E-state index contributed by atoms with van der Waals surface area (Å²) in [7, 11) is -4.51. The number of rotatable bonds is 18. The Balaban J connectivity index is 1.47. The molecule has 0 radical (unpaired) electrons. The minimum atomic E-state index is -4.51. The molecule has 1 heterocycles. The number of esters is 4. The third kappa shape index (κ3) is 11.0. The van der Waals surface area contributed by atoms with Gasteiger partial charge in [-0.1, -0.05) is 80.6 Å². The van der Waals surface area contributed by atoms with E-state index in [1.54, 1.807) is 141 Å². The lowest BCUT2D eigenvalue weighted by atomic mass is 9.44. The van der Waals surface area contributed by atoms with Gasteiger partial charge in [0.05, 0.1) is 35.6 Å². The summed E-state index contributed by atoms with van der Waals surface area (Å²) in [6.45, 7) is 18.5. The Hall–Kier alpha value is -5.64. The monoisotopic (exact) mass is 1060 g/mol. The summed E-state index contributed by atoms with van der Waals surface area (Å²) >= 11 is 0. The first-order chi connectivity index (χ1) is 35.2. The molecule has 3 aromatic carbocycles. The quantitative estimate of drug-likeness (QED) is 0.0535. The number of carbonyl (C=O) groups is 6. The number of nitrogens with one attached hydrogen (secondary N) is 1. The number of aliphatic hydroxyl groups excluding tert-OH is 1. The van der Waals surface area contributed by atoms with Gasteiger partial charge in [0, 0.05) is 56.0 Å². The number of amides is 1. The molecule has 3 N–H and O–H groups in total. The van der Waals surface area contributed by atoms with Gasteiger partial charge in [-0.3, -0.25) is 19.2 Å². The molecule has 0 spiro atoms. The van der Waals surface area contributed by atoms with E-state index in [0.717, 1.165) is 13.8 Å². The Morgan fingerprint density at radius 1 is 0.733 bits per heavy atom. The first kappa shape index (κ1) is 57.1. The van der Waals surface area contributed by atoms with Crippen LogP contribution in [0.3, 0.4) is 0 Å². The molecule has 3 aromatic rings. The molecule has 3 aliphatic carbocycles.